The lowest BCUT2D eigenvalue weighted by molar-refractivity contribution is -0.275. The molecule has 1 atom stereocenters. The number of hydrogen-bond acceptors (Lipinski definition) is 6. The third-order valence-electron chi connectivity index (χ3n) is 6.48. The van der Waals surface area contributed by atoms with Crippen molar-refractivity contribution in [1.82, 2.24) is 5.32 Å². The molecule has 0 bridgehead atoms. The molecule has 0 radical (unpaired) electrons. The molecule has 1 unspecified atom stereocenters. The zero-order valence-electron chi connectivity index (χ0n) is 19.4. The van der Waals surface area contributed by atoms with Gasteiger partial charge in [0.2, 0.25) is 0 Å². The number of oxime groups is 1. The van der Waals surface area contributed by atoms with Crippen LogP contribution in [0, 0.1) is 6.92 Å². The summed E-state index contributed by atoms with van der Waals surface area (Å²) in [6.45, 7) is 3.31. The fraction of sp³-hybridized carbons (Fsp3) is 0.458. The van der Waals surface area contributed by atoms with Crippen LogP contribution in [0.3, 0.4) is 0 Å². The van der Waals surface area contributed by atoms with Crippen molar-refractivity contribution in [1.29, 1.82) is 0 Å². The number of amides is 1. The number of nitrogens with zero attached hydrogens (tertiary/aromatic N) is 1. The second-order valence-corrected chi connectivity index (χ2v) is 10.00. The van der Waals surface area contributed by atoms with Crippen LogP contribution in [-0.4, -0.2) is 37.4 Å². The summed E-state index contributed by atoms with van der Waals surface area (Å²) in [6, 6.07) is 2.77. The maximum atomic E-state index is 14.5. The molecule has 188 valence electrons. The second kappa shape index (κ2) is 9.46. The summed E-state index contributed by atoms with van der Waals surface area (Å²) in [5.74, 6) is -1.07. The molecule has 1 aromatic carbocycles. The molecule has 35 heavy (non-hydrogen) atoms. The number of carbonyl (C=O) groups excluding carboxylic acids is 2. The highest BCUT2D eigenvalue weighted by molar-refractivity contribution is 7.16. The molecule has 0 saturated carbocycles. The number of rotatable bonds is 6. The number of hydrogen-bond donors (Lipinski definition) is 1. The van der Waals surface area contributed by atoms with Gasteiger partial charge >= 0.3 is 12.1 Å². The van der Waals surface area contributed by atoms with Crippen LogP contribution in [0.1, 0.15) is 62.1 Å². The number of methoxy groups -OCH3 is 1. The first-order chi connectivity index (χ1) is 16.5. The first kappa shape index (κ1) is 25.5. The summed E-state index contributed by atoms with van der Waals surface area (Å²) >= 11 is 7.40. The Morgan fingerprint density at radius 1 is 1.29 bits per heavy atom. The molecule has 2 aliphatic rings. The lowest BCUT2D eigenvalue weighted by Crippen LogP contribution is -2.42. The Morgan fingerprint density at radius 2 is 2.00 bits per heavy atom. The lowest BCUT2D eigenvalue weighted by Gasteiger charge is -2.30. The monoisotopic (exact) mass is 528 g/mol. The second-order valence-electron chi connectivity index (χ2n) is 8.57. The van der Waals surface area contributed by atoms with E-state index in [1.807, 2.05) is 6.92 Å². The molecule has 11 heteroatoms. The quantitative estimate of drug-likeness (QED) is 0.520. The average Bonchev–Trinajstić information content (AvgIpc) is 3.52. The van der Waals surface area contributed by atoms with Crippen LogP contribution in [0.2, 0.25) is 5.02 Å². The van der Waals surface area contributed by atoms with Gasteiger partial charge in [-0.25, -0.2) is 0 Å². The Bertz CT molecular complexity index is 1200. The molecule has 1 N–H and O–H groups in total. The topological polar surface area (TPSA) is 77.0 Å². The highest BCUT2D eigenvalue weighted by Gasteiger charge is 2.62. The van der Waals surface area contributed by atoms with E-state index in [0.717, 1.165) is 34.4 Å². The highest BCUT2D eigenvalue weighted by atomic mass is 35.5. The Balaban J connectivity index is 1.70. The van der Waals surface area contributed by atoms with Gasteiger partial charge in [0.25, 0.3) is 11.5 Å². The summed E-state index contributed by atoms with van der Waals surface area (Å²) in [4.78, 5) is 30.2. The number of carbonyl (C=O) groups is 2. The van der Waals surface area contributed by atoms with Crippen molar-refractivity contribution in [2.24, 2.45) is 5.16 Å². The first-order valence-corrected chi connectivity index (χ1v) is 12.3. The van der Waals surface area contributed by atoms with E-state index in [9.17, 15) is 22.8 Å². The Kier molecular flexibility index (Phi) is 6.89. The van der Waals surface area contributed by atoms with Gasteiger partial charge in [0, 0.05) is 10.6 Å². The number of ether oxygens (including phenoxy) is 1. The summed E-state index contributed by atoms with van der Waals surface area (Å²) in [5, 5.41) is 6.66. The lowest BCUT2D eigenvalue weighted by atomic mass is 9.85. The van der Waals surface area contributed by atoms with Crippen molar-refractivity contribution in [3.63, 3.8) is 0 Å². The molecule has 4 rings (SSSR count). The molecule has 1 aliphatic carbocycles. The van der Waals surface area contributed by atoms with Gasteiger partial charge in [-0.05, 0) is 60.9 Å². The van der Waals surface area contributed by atoms with Gasteiger partial charge in [-0.1, -0.05) is 29.7 Å². The number of nitrogens with one attached hydrogen (secondary N) is 1. The Labute approximate surface area is 209 Å². The van der Waals surface area contributed by atoms with Gasteiger partial charge < -0.3 is 14.9 Å². The van der Waals surface area contributed by atoms with E-state index in [1.54, 1.807) is 6.92 Å². The van der Waals surface area contributed by atoms with Gasteiger partial charge in [-0.2, -0.15) is 13.2 Å². The maximum absolute atomic E-state index is 14.5. The number of alkyl halides is 3. The SMILES string of the molecule is CCc1c(C)cc(C2(C(F)(F)F)CC(c3sc(C(=O)NCC(=O)OC)c4c3CCC4)=NO2)cc1Cl. The van der Waals surface area contributed by atoms with Crippen molar-refractivity contribution in [3.8, 4) is 0 Å². The maximum Gasteiger partial charge on any atom is 0.435 e. The normalized spacial score (nSPS) is 19.2. The van der Waals surface area contributed by atoms with Crippen LogP contribution in [0.4, 0.5) is 13.2 Å². The van der Waals surface area contributed by atoms with Gasteiger partial charge in [-0.15, -0.1) is 11.3 Å². The number of benzene rings is 1. The Morgan fingerprint density at radius 3 is 2.63 bits per heavy atom. The van der Waals surface area contributed by atoms with E-state index in [2.05, 4.69) is 15.2 Å². The number of esters is 1. The molecular formula is C24H24ClF3N2O4S. The van der Waals surface area contributed by atoms with E-state index in [0.29, 0.717) is 34.6 Å². The van der Waals surface area contributed by atoms with Crippen molar-refractivity contribution < 1.29 is 32.3 Å². The number of fused-ring (bicyclic) bond motifs is 1. The molecular weight excluding hydrogens is 505 g/mol. The average molecular weight is 529 g/mol. The molecule has 1 amide bonds. The Hall–Kier alpha value is -2.59. The van der Waals surface area contributed by atoms with Gasteiger partial charge in [0.1, 0.15) is 12.3 Å². The van der Waals surface area contributed by atoms with Crippen LogP contribution in [-0.2, 0) is 39.2 Å². The van der Waals surface area contributed by atoms with Crippen LogP contribution in [0.5, 0.6) is 0 Å². The summed E-state index contributed by atoms with van der Waals surface area (Å²) in [5.41, 5.74) is 0.396. The van der Waals surface area contributed by atoms with Crippen LogP contribution >= 0.6 is 22.9 Å². The van der Waals surface area contributed by atoms with Crippen molar-refractivity contribution in [2.75, 3.05) is 13.7 Å². The van der Waals surface area contributed by atoms with Gasteiger partial charge in [-0.3, -0.25) is 9.59 Å². The predicted molar refractivity (Wildman–Crippen MR) is 126 cm³/mol. The minimum absolute atomic E-state index is 0.104. The van der Waals surface area contributed by atoms with E-state index >= 15 is 0 Å². The molecule has 2 heterocycles. The molecule has 1 aliphatic heterocycles. The zero-order valence-corrected chi connectivity index (χ0v) is 21.0. The molecule has 1 aromatic heterocycles. The number of thiophene rings is 1. The van der Waals surface area contributed by atoms with E-state index in [4.69, 9.17) is 16.4 Å². The largest absolute Gasteiger partial charge is 0.468 e. The standard InChI is InChI=1S/C24H24ClF3N2O4S/c1-4-14-12(2)8-13(9-17(14)25)23(24(26,27)28)10-18(30-34-23)20-15-6-5-7-16(15)21(35-20)22(32)29-11-19(31)33-3/h8-9H,4-7,10-11H2,1-3H3,(H,29,32). The molecule has 2 aromatic rings. The minimum Gasteiger partial charge on any atom is -0.468 e. The summed E-state index contributed by atoms with van der Waals surface area (Å²) in [6.07, 6.45) is -2.68. The van der Waals surface area contributed by atoms with Crippen LogP contribution in [0.25, 0.3) is 0 Å². The minimum atomic E-state index is -4.76. The zero-order chi connectivity index (χ0) is 25.5. The third kappa shape index (κ3) is 4.42. The number of aryl methyl sites for hydroxylation is 1. The number of halogens is 4. The third-order valence-corrected chi connectivity index (χ3v) is 8.14. The van der Waals surface area contributed by atoms with Gasteiger partial charge in [0.05, 0.1) is 23.3 Å². The van der Waals surface area contributed by atoms with Gasteiger partial charge in [0.15, 0.2) is 0 Å². The highest BCUT2D eigenvalue weighted by Crippen LogP contribution is 2.51. The van der Waals surface area contributed by atoms with Crippen molar-refractivity contribution in [3.05, 3.63) is 54.7 Å². The summed E-state index contributed by atoms with van der Waals surface area (Å²) < 4.78 is 48.1. The van der Waals surface area contributed by atoms with E-state index in [-0.39, 0.29) is 22.8 Å². The molecule has 0 spiro atoms. The first-order valence-electron chi connectivity index (χ1n) is 11.1. The van der Waals surface area contributed by atoms with E-state index in [1.165, 1.54) is 19.2 Å². The summed E-state index contributed by atoms with van der Waals surface area (Å²) in [7, 11) is 1.21. The molecule has 6 nitrogen and oxygen atoms in total. The van der Waals surface area contributed by atoms with Crippen LogP contribution in [0.15, 0.2) is 17.3 Å². The molecule has 0 saturated heterocycles. The van der Waals surface area contributed by atoms with Crippen LogP contribution < -0.4 is 5.32 Å². The van der Waals surface area contributed by atoms with E-state index < -0.39 is 30.1 Å². The fourth-order valence-corrected chi connectivity index (χ4v) is 6.37. The fourth-order valence-electron chi connectivity index (χ4n) is 4.67. The predicted octanol–water partition coefficient (Wildman–Crippen LogP) is 5.25. The smallest absolute Gasteiger partial charge is 0.435 e. The molecule has 0 fully saturated rings. The van der Waals surface area contributed by atoms with Crippen molar-refractivity contribution in [2.45, 2.75) is 57.7 Å². The van der Waals surface area contributed by atoms with Crippen molar-refractivity contribution >= 4 is 40.5 Å².